The van der Waals surface area contributed by atoms with Gasteiger partial charge in [0.1, 0.15) is 0 Å². The van der Waals surface area contributed by atoms with E-state index >= 15 is 0 Å². The van der Waals surface area contributed by atoms with Crippen LogP contribution in [-0.2, 0) is 6.42 Å². The molecule has 2 aliphatic heterocycles. The molecule has 1 fully saturated rings. The molecule has 1 unspecified atom stereocenters. The van der Waals surface area contributed by atoms with Crippen molar-refractivity contribution in [1.29, 1.82) is 0 Å². The number of fused-ring (bicyclic) bond motifs is 1. The predicted molar refractivity (Wildman–Crippen MR) is 101 cm³/mol. The van der Waals surface area contributed by atoms with Gasteiger partial charge in [-0.25, -0.2) is 4.79 Å². The zero-order chi connectivity index (χ0) is 17.6. The largest absolute Gasteiger partial charge is 0.396 e. The monoisotopic (exact) mass is 345 g/mol. The number of para-hydroxylation sites is 1. The average Bonchev–Trinajstić information content (AvgIpc) is 3.03. The van der Waals surface area contributed by atoms with Gasteiger partial charge >= 0.3 is 6.03 Å². The molecule has 2 amide bonds. The van der Waals surface area contributed by atoms with Crippen molar-refractivity contribution in [3.8, 4) is 0 Å². The lowest BCUT2D eigenvalue weighted by atomic mass is 9.96. The number of nitrogens with zero attached hydrogens (tertiary/aromatic N) is 2. The van der Waals surface area contributed by atoms with Crippen LogP contribution in [0.1, 0.15) is 38.2 Å². The quantitative estimate of drug-likeness (QED) is 0.833. The Morgan fingerprint density at radius 3 is 2.80 bits per heavy atom. The van der Waals surface area contributed by atoms with E-state index in [0.717, 1.165) is 58.3 Å². The van der Waals surface area contributed by atoms with Crippen LogP contribution >= 0.6 is 0 Å². The summed E-state index contributed by atoms with van der Waals surface area (Å²) < 4.78 is 0. The normalized spacial score (nSPS) is 19.0. The molecule has 2 aliphatic rings. The summed E-state index contributed by atoms with van der Waals surface area (Å²) in [6, 6.07) is 8.90. The number of aliphatic hydroxyl groups is 1. The van der Waals surface area contributed by atoms with Gasteiger partial charge in [-0.1, -0.05) is 18.2 Å². The third-order valence-electron chi connectivity index (χ3n) is 5.53. The highest BCUT2D eigenvalue weighted by atomic mass is 16.3. The highest BCUT2D eigenvalue weighted by Gasteiger charge is 2.27. The Morgan fingerprint density at radius 2 is 2.04 bits per heavy atom. The van der Waals surface area contributed by atoms with Crippen LogP contribution < -0.4 is 10.2 Å². The number of likely N-dealkylation sites (tertiary alicyclic amines) is 1. The summed E-state index contributed by atoms with van der Waals surface area (Å²) >= 11 is 0. The highest BCUT2D eigenvalue weighted by Crippen LogP contribution is 2.30. The number of piperidine rings is 1. The molecule has 0 aromatic heterocycles. The summed E-state index contributed by atoms with van der Waals surface area (Å²) in [6.07, 6.45) is 4.88. The summed E-state index contributed by atoms with van der Waals surface area (Å²) in [4.78, 5) is 16.8. The lowest BCUT2D eigenvalue weighted by Gasteiger charge is -2.35. The van der Waals surface area contributed by atoms with Crippen molar-refractivity contribution in [2.75, 3.05) is 37.7 Å². The Morgan fingerprint density at radius 1 is 1.28 bits per heavy atom. The summed E-state index contributed by atoms with van der Waals surface area (Å²) in [7, 11) is 0. The lowest BCUT2D eigenvalue weighted by molar-refractivity contribution is 0.167. The zero-order valence-corrected chi connectivity index (χ0v) is 15.3. The summed E-state index contributed by atoms with van der Waals surface area (Å²) in [5.74, 6) is 0.669. The molecule has 0 spiro atoms. The van der Waals surface area contributed by atoms with Crippen LogP contribution in [0.3, 0.4) is 0 Å². The molecule has 0 bridgehead atoms. The van der Waals surface area contributed by atoms with Crippen molar-refractivity contribution < 1.29 is 9.90 Å². The molecule has 0 radical (unpaired) electrons. The molecule has 1 atom stereocenters. The Kier molecular flexibility index (Phi) is 6.19. The first-order chi connectivity index (χ1) is 12.2. The third-order valence-corrected chi connectivity index (χ3v) is 5.53. The molecule has 2 heterocycles. The van der Waals surface area contributed by atoms with E-state index < -0.39 is 0 Å². The van der Waals surface area contributed by atoms with E-state index in [2.05, 4.69) is 34.5 Å². The zero-order valence-electron chi connectivity index (χ0n) is 15.3. The van der Waals surface area contributed by atoms with Crippen LogP contribution in [0.15, 0.2) is 24.3 Å². The van der Waals surface area contributed by atoms with Crippen LogP contribution in [0, 0.1) is 5.92 Å². The number of amides is 2. The second kappa shape index (κ2) is 8.56. The van der Waals surface area contributed by atoms with Crippen molar-refractivity contribution in [2.45, 2.75) is 45.1 Å². The lowest BCUT2D eigenvalue weighted by Crippen LogP contribution is -2.48. The molecule has 1 aromatic rings. The molecule has 1 aromatic carbocycles. The van der Waals surface area contributed by atoms with Gasteiger partial charge in [0, 0.05) is 44.5 Å². The van der Waals surface area contributed by atoms with Crippen LogP contribution in [0.25, 0.3) is 0 Å². The minimum absolute atomic E-state index is 0.0513. The number of nitrogens with one attached hydrogen (secondary N) is 1. The van der Waals surface area contributed by atoms with Gasteiger partial charge in [0.25, 0.3) is 0 Å². The molecule has 0 aliphatic carbocycles. The topological polar surface area (TPSA) is 55.8 Å². The minimum atomic E-state index is 0.0513. The van der Waals surface area contributed by atoms with E-state index in [0.29, 0.717) is 5.92 Å². The van der Waals surface area contributed by atoms with Crippen molar-refractivity contribution in [3.05, 3.63) is 29.8 Å². The Bertz CT molecular complexity index is 570. The Labute approximate surface area is 151 Å². The fraction of sp³-hybridized carbons (Fsp3) is 0.650. The fourth-order valence-corrected chi connectivity index (χ4v) is 4.00. The second-order valence-corrected chi connectivity index (χ2v) is 7.47. The summed E-state index contributed by atoms with van der Waals surface area (Å²) in [5.41, 5.74) is 2.87. The van der Waals surface area contributed by atoms with Gasteiger partial charge in [-0.15, -0.1) is 0 Å². The van der Waals surface area contributed by atoms with Crippen molar-refractivity contribution in [2.24, 2.45) is 5.92 Å². The maximum absolute atomic E-state index is 12.3. The molecule has 3 rings (SSSR count). The van der Waals surface area contributed by atoms with Crippen LogP contribution in [0.4, 0.5) is 10.5 Å². The molecule has 5 nitrogen and oxygen atoms in total. The first-order valence-electron chi connectivity index (χ1n) is 9.66. The van der Waals surface area contributed by atoms with Crippen molar-refractivity contribution in [1.82, 2.24) is 10.2 Å². The van der Waals surface area contributed by atoms with E-state index in [1.54, 1.807) is 0 Å². The van der Waals surface area contributed by atoms with Gasteiger partial charge in [-0.3, -0.25) is 0 Å². The van der Waals surface area contributed by atoms with E-state index in [-0.39, 0.29) is 18.7 Å². The molecular weight excluding hydrogens is 314 g/mol. The van der Waals surface area contributed by atoms with E-state index in [1.165, 1.54) is 11.3 Å². The Hall–Kier alpha value is -1.75. The fourth-order valence-electron chi connectivity index (χ4n) is 4.00. The number of rotatable bonds is 6. The molecular formula is C20H31N3O2. The average molecular weight is 345 g/mol. The Balaban J connectivity index is 1.42. The van der Waals surface area contributed by atoms with Gasteiger partial charge < -0.3 is 20.2 Å². The predicted octanol–water partition coefficient (Wildman–Crippen LogP) is 2.63. The number of hydrogen-bond acceptors (Lipinski definition) is 3. The number of anilines is 1. The maximum Gasteiger partial charge on any atom is 0.317 e. The number of urea groups is 1. The number of carbonyl (C=O) groups is 1. The first kappa shape index (κ1) is 18.1. The smallest absolute Gasteiger partial charge is 0.317 e. The van der Waals surface area contributed by atoms with Crippen molar-refractivity contribution in [3.63, 3.8) is 0 Å². The molecule has 1 saturated heterocycles. The highest BCUT2D eigenvalue weighted by molar-refractivity contribution is 5.74. The summed E-state index contributed by atoms with van der Waals surface area (Å²) in [5, 5.41) is 11.9. The number of aliphatic hydroxyl groups excluding tert-OH is 1. The third kappa shape index (κ3) is 4.66. The first-order valence-corrected chi connectivity index (χ1v) is 9.66. The standard InChI is InChI=1S/C20H31N3O2/c1-16(5-4-14-24)21-20(25)22-11-8-17(9-12-22)15-23-13-10-18-6-2-3-7-19(18)23/h2-3,6-7,16-17,24H,4-5,8-15H2,1H3,(H,21,25). The summed E-state index contributed by atoms with van der Waals surface area (Å²) in [6.45, 7) is 6.12. The second-order valence-electron chi connectivity index (χ2n) is 7.47. The van der Waals surface area contributed by atoms with Gasteiger partial charge in [0.15, 0.2) is 0 Å². The number of benzene rings is 1. The van der Waals surface area contributed by atoms with Crippen LogP contribution in [0.5, 0.6) is 0 Å². The molecule has 5 heteroatoms. The van der Waals surface area contributed by atoms with Crippen LogP contribution in [-0.4, -0.2) is 54.9 Å². The molecule has 138 valence electrons. The van der Waals surface area contributed by atoms with Gasteiger partial charge in [0.2, 0.25) is 0 Å². The van der Waals surface area contributed by atoms with E-state index in [4.69, 9.17) is 5.11 Å². The van der Waals surface area contributed by atoms with Gasteiger partial charge in [-0.2, -0.15) is 0 Å². The molecule has 2 N–H and O–H groups in total. The van der Waals surface area contributed by atoms with Crippen molar-refractivity contribution >= 4 is 11.7 Å². The minimum Gasteiger partial charge on any atom is -0.396 e. The van der Waals surface area contributed by atoms with Crippen LogP contribution in [0.2, 0.25) is 0 Å². The van der Waals surface area contributed by atoms with E-state index in [1.807, 2.05) is 11.8 Å². The molecule has 25 heavy (non-hydrogen) atoms. The molecule has 0 saturated carbocycles. The van der Waals surface area contributed by atoms with E-state index in [9.17, 15) is 4.79 Å². The maximum atomic E-state index is 12.3. The van der Waals surface area contributed by atoms with Gasteiger partial charge in [0.05, 0.1) is 0 Å². The van der Waals surface area contributed by atoms with Gasteiger partial charge in [-0.05, 0) is 56.6 Å². The number of carbonyl (C=O) groups excluding carboxylic acids is 1. The number of hydrogen-bond donors (Lipinski definition) is 2. The SMILES string of the molecule is CC(CCCO)NC(=O)N1CCC(CN2CCc3ccccc32)CC1.